The quantitative estimate of drug-likeness (QED) is 0.775. The number of carbonyl (C=O) groups is 2. The Labute approximate surface area is 186 Å². The molecule has 0 spiro atoms. The monoisotopic (exact) mass is 426 g/mol. The van der Waals surface area contributed by atoms with E-state index < -0.39 is 0 Å². The highest BCUT2D eigenvalue weighted by Gasteiger charge is 2.60. The predicted octanol–water partition coefficient (Wildman–Crippen LogP) is 4.42. The van der Waals surface area contributed by atoms with E-state index in [0.717, 1.165) is 49.3 Å². The van der Waals surface area contributed by atoms with Crippen LogP contribution in [0.25, 0.3) is 0 Å². The number of furan rings is 1. The maximum atomic E-state index is 12.4. The van der Waals surface area contributed by atoms with E-state index in [1.165, 1.54) is 32.1 Å². The number of nitrogens with zero attached hydrogens (tertiary/aromatic N) is 1. The van der Waals surface area contributed by atoms with Crippen LogP contribution in [0, 0.1) is 34.5 Å². The van der Waals surface area contributed by atoms with Crippen molar-refractivity contribution in [1.29, 1.82) is 0 Å². The molecule has 0 radical (unpaired) electrons. The fraction of sp³-hybridized carbons (Fsp3) is 0.769. The highest BCUT2D eigenvalue weighted by Crippen LogP contribution is 2.66. The number of nitrogens with one attached hydrogen (secondary N) is 1. The molecule has 170 valence electrons. The molecule has 1 saturated heterocycles. The van der Waals surface area contributed by atoms with Gasteiger partial charge in [0.25, 0.3) is 0 Å². The van der Waals surface area contributed by atoms with Gasteiger partial charge in [-0.2, -0.15) is 0 Å². The first-order valence-electron chi connectivity index (χ1n) is 12.4. The average molecular weight is 427 g/mol. The number of hydrogen-bond donors (Lipinski definition) is 1. The summed E-state index contributed by atoms with van der Waals surface area (Å²) >= 11 is 0. The lowest BCUT2D eigenvalue weighted by atomic mass is 9.47. The third kappa shape index (κ3) is 3.34. The molecule has 2 heterocycles. The van der Waals surface area contributed by atoms with Crippen molar-refractivity contribution in [2.24, 2.45) is 34.5 Å². The van der Waals surface area contributed by atoms with Crippen LogP contribution in [0.3, 0.4) is 0 Å². The van der Waals surface area contributed by atoms with Crippen molar-refractivity contribution in [3.05, 3.63) is 24.2 Å². The summed E-state index contributed by atoms with van der Waals surface area (Å²) in [5.41, 5.74) is 0.612. The SMILES string of the molecule is CN1C(=O)CC[C@]2(C)[C@H]3CC[C@]4(C)[C@@H](CNC(=O)Cc5ccco5)CC[C@H]4[C@@H]3CC[C@@H]12. The first-order valence-corrected chi connectivity index (χ1v) is 12.4. The van der Waals surface area contributed by atoms with Crippen molar-refractivity contribution >= 4 is 11.8 Å². The van der Waals surface area contributed by atoms with Crippen molar-refractivity contribution in [2.45, 2.75) is 77.7 Å². The van der Waals surface area contributed by atoms with E-state index >= 15 is 0 Å². The molecule has 5 rings (SSSR count). The van der Waals surface area contributed by atoms with Gasteiger partial charge in [-0.1, -0.05) is 13.8 Å². The van der Waals surface area contributed by atoms with Gasteiger partial charge in [-0.3, -0.25) is 9.59 Å². The Morgan fingerprint density at radius 2 is 1.94 bits per heavy atom. The Morgan fingerprint density at radius 1 is 1.13 bits per heavy atom. The number of hydrogen-bond acceptors (Lipinski definition) is 3. The summed E-state index contributed by atoms with van der Waals surface area (Å²) in [7, 11) is 2.04. The Bertz CT molecular complexity index is 836. The van der Waals surface area contributed by atoms with Crippen molar-refractivity contribution in [2.75, 3.05) is 13.6 Å². The van der Waals surface area contributed by atoms with Gasteiger partial charge < -0.3 is 14.6 Å². The summed E-state index contributed by atoms with van der Waals surface area (Å²) < 4.78 is 5.32. The molecule has 1 N–H and O–H groups in total. The van der Waals surface area contributed by atoms with E-state index in [4.69, 9.17) is 4.42 Å². The average Bonchev–Trinajstić information content (AvgIpc) is 3.36. The molecule has 0 aromatic carbocycles. The molecule has 31 heavy (non-hydrogen) atoms. The molecule has 3 saturated carbocycles. The minimum Gasteiger partial charge on any atom is -0.469 e. The first kappa shape index (κ1) is 21.1. The Balaban J connectivity index is 1.26. The molecule has 1 aromatic rings. The molecule has 1 aromatic heterocycles. The number of rotatable bonds is 4. The van der Waals surface area contributed by atoms with Gasteiger partial charge in [0.1, 0.15) is 5.76 Å². The lowest BCUT2D eigenvalue weighted by Gasteiger charge is -2.61. The zero-order valence-electron chi connectivity index (χ0n) is 19.4. The minimum atomic E-state index is 0.0682. The number of fused-ring (bicyclic) bond motifs is 5. The second-order valence-electron chi connectivity index (χ2n) is 11.4. The van der Waals surface area contributed by atoms with Crippen LogP contribution in [0.4, 0.5) is 0 Å². The molecule has 0 unspecified atom stereocenters. The van der Waals surface area contributed by atoms with Crippen molar-refractivity contribution in [3.8, 4) is 0 Å². The molecule has 4 fully saturated rings. The van der Waals surface area contributed by atoms with Crippen molar-refractivity contribution in [1.82, 2.24) is 10.2 Å². The highest BCUT2D eigenvalue weighted by molar-refractivity contribution is 5.78. The lowest BCUT2D eigenvalue weighted by molar-refractivity contribution is -0.158. The first-order chi connectivity index (χ1) is 14.8. The van der Waals surface area contributed by atoms with Gasteiger partial charge >= 0.3 is 0 Å². The smallest absolute Gasteiger partial charge is 0.227 e. The van der Waals surface area contributed by atoms with Gasteiger partial charge in [0, 0.05) is 26.1 Å². The van der Waals surface area contributed by atoms with Crippen LogP contribution in [0.15, 0.2) is 22.8 Å². The normalized spacial score (nSPS) is 42.0. The Morgan fingerprint density at radius 3 is 2.71 bits per heavy atom. The van der Waals surface area contributed by atoms with Gasteiger partial charge in [0.15, 0.2) is 0 Å². The summed E-state index contributed by atoms with van der Waals surface area (Å²) in [4.78, 5) is 26.8. The van der Waals surface area contributed by atoms with Crippen LogP contribution >= 0.6 is 0 Å². The van der Waals surface area contributed by atoms with Gasteiger partial charge in [-0.05, 0) is 91.6 Å². The van der Waals surface area contributed by atoms with Crippen LogP contribution in [-0.4, -0.2) is 36.3 Å². The summed E-state index contributed by atoms with van der Waals surface area (Å²) in [6.07, 6.45) is 11.2. The van der Waals surface area contributed by atoms with E-state index in [1.807, 2.05) is 19.2 Å². The molecule has 7 atom stereocenters. The predicted molar refractivity (Wildman–Crippen MR) is 119 cm³/mol. The second kappa shape index (κ2) is 7.67. The molecule has 3 aliphatic carbocycles. The number of amides is 2. The topological polar surface area (TPSA) is 62.6 Å². The second-order valence-corrected chi connectivity index (χ2v) is 11.4. The van der Waals surface area contributed by atoms with Crippen LogP contribution in [-0.2, 0) is 16.0 Å². The maximum Gasteiger partial charge on any atom is 0.227 e. The highest BCUT2D eigenvalue weighted by atomic mass is 16.3. The molecular weight excluding hydrogens is 388 g/mol. The van der Waals surface area contributed by atoms with E-state index in [1.54, 1.807) is 6.26 Å². The maximum absolute atomic E-state index is 12.4. The van der Waals surface area contributed by atoms with Gasteiger partial charge in [-0.25, -0.2) is 0 Å². The number of piperidine rings is 1. The van der Waals surface area contributed by atoms with Crippen LogP contribution < -0.4 is 5.32 Å². The van der Waals surface area contributed by atoms with Crippen LogP contribution in [0.1, 0.15) is 71.0 Å². The minimum absolute atomic E-state index is 0.0682. The standard InChI is InChI=1S/C26H38N2O3/c1-25-12-10-21-19(7-9-22-26(21,2)13-11-24(30)28(22)3)20(25)8-6-17(25)16-27-23(29)15-18-5-4-14-31-18/h4-5,14,17,19-22H,6-13,15-16H2,1-3H3,(H,27,29)/t17-,19+,20+,21+,22-,25-,26-/m1/s1. The Kier molecular flexibility index (Phi) is 5.22. The van der Waals surface area contributed by atoms with Gasteiger partial charge in [0.2, 0.25) is 11.8 Å². The van der Waals surface area contributed by atoms with E-state index in [-0.39, 0.29) is 11.3 Å². The molecule has 2 amide bonds. The number of likely N-dealkylation sites (tertiary alicyclic amines) is 1. The Hall–Kier alpha value is -1.78. The molecule has 5 nitrogen and oxygen atoms in total. The summed E-state index contributed by atoms with van der Waals surface area (Å²) in [5, 5.41) is 3.21. The largest absolute Gasteiger partial charge is 0.469 e. The fourth-order valence-corrected chi connectivity index (χ4v) is 8.47. The van der Waals surface area contributed by atoms with Crippen molar-refractivity contribution in [3.63, 3.8) is 0 Å². The van der Waals surface area contributed by atoms with Crippen LogP contribution in [0.2, 0.25) is 0 Å². The fourth-order valence-electron chi connectivity index (χ4n) is 8.47. The lowest BCUT2D eigenvalue weighted by Crippen LogP contribution is -2.61. The third-order valence-corrected chi connectivity index (χ3v) is 10.2. The van der Waals surface area contributed by atoms with Gasteiger partial charge in [0.05, 0.1) is 12.7 Å². The molecule has 5 heteroatoms. The van der Waals surface area contributed by atoms with E-state index in [9.17, 15) is 9.59 Å². The van der Waals surface area contributed by atoms with E-state index in [0.29, 0.717) is 29.7 Å². The zero-order chi connectivity index (χ0) is 21.8. The third-order valence-electron chi connectivity index (χ3n) is 10.2. The molecule has 1 aliphatic heterocycles. The zero-order valence-corrected chi connectivity index (χ0v) is 19.4. The summed E-state index contributed by atoms with van der Waals surface area (Å²) in [5.74, 6) is 4.00. The van der Waals surface area contributed by atoms with Crippen molar-refractivity contribution < 1.29 is 14.0 Å². The van der Waals surface area contributed by atoms with Crippen LogP contribution in [0.5, 0.6) is 0 Å². The molecule has 0 bridgehead atoms. The molecular formula is C26H38N2O3. The summed E-state index contributed by atoms with van der Waals surface area (Å²) in [6, 6.07) is 4.12. The summed E-state index contributed by atoms with van der Waals surface area (Å²) in [6.45, 7) is 5.79. The van der Waals surface area contributed by atoms with Gasteiger partial charge in [-0.15, -0.1) is 0 Å². The molecule has 4 aliphatic rings. The number of carbonyl (C=O) groups excluding carboxylic acids is 2. The van der Waals surface area contributed by atoms with E-state index in [2.05, 4.69) is 24.1 Å².